The van der Waals surface area contributed by atoms with Crippen molar-refractivity contribution >= 4 is 32.4 Å². The van der Waals surface area contributed by atoms with E-state index in [0.29, 0.717) is 34.4 Å². The normalized spacial score (nSPS) is 11.8. The van der Waals surface area contributed by atoms with Gasteiger partial charge in [0.05, 0.1) is 16.4 Å². The highest BCUT2D eigenvalue weighted by molar-refractivity contribution is 7.90. The summed E-state index contributed by atoms with van der Waals surface area (Å²) in [6.07, 6.45) is 2.97. The molecule has 0 bridgehead atoms. The molecule has 2 N–H and O–H groups in total. The van der Waals surface area contributed by atoms with E-state index in [1.54, 1.807) is 22.9 Å². The zero-order valence-corrected chi connectivity index (χ0v) is 18.4. The third-order valence-corrected chi connectivity index (χ3v) is 5.55. The Morgan fingerprint density at radius 1 is 1.10 bits per heavy atom. The third kappa shape index (κ3) is 4.64. The van der Waals surface area contributed by atoms with Gasteiger partial charge >= 0.3 is 0 Å². The number of aromatic amines is 1. The second-order valence-corrected chi connectivity index (χ2v) is 9.44. The highest BCUT2D eigenvalue weighted by atomic mass is 32.2. The molecular formula is C21H23N5O4S. The van der Waals surface area contributed by atoms with Gasteiger partial charge in [-0.25, -0.2) is 8.42 Å². The van der Waals surface area contributed by atoms with Crippen molar-refractivity contribution in [2.45, 2.75) is 24.8 Å². The van der Waals surface area contributed by atoms with E-state index in [-0.39, 0.29) is 11.0 Å². The Balaban J connectivity index is 1.72. The van der Waals surface area contributed by atoms with Gasteiger partial charge in [0.25, 0.3) is 0 Å². The lowest BCUT2D eigenvalue weighted by molar-refractivity contribution is 0.242. The molecule has 31 heavy (non-hydrogen) atoms. The lowest BCUT2D eigenvalue weighted by atomic mass is 10.2. The number of aromatic nitrogens is 4. The van der Waals surface area contributed by atoms with Crippen LogP contribution in [0.3, 0.4) is 0 Å². The predicted molar refractivity (Wildman–Crippen MR) is 118 cm³/mol. The van der Waals surface area contributed by atoms with Crippen molar-refractivity contribution in [2.75, 3.05) is 11.6 Å². The van der Waals surface area contributed by atoms with Crippen molar-refractivity contribution in [3.8, 4) is 17.2 Å². The first kappa shape index (κ1) is 20.7. The number of ether oxygens (including phenoxy) is 2. The molecule has 0 aliphatic rings. The minimum absolute atomic E-state index is 0.0292. The number of rotatable bonds is 7. The van der Waals surface area contributed by atoms with Crippen LogP contribution in [0.5, 0.6) is 17.2 Å². The van der Waals surface area contributed by atoms with Crippen molar-refractivity contribution in [2.24, 2.45) is 7.05 Å². The number of nitrogens with zero attached hydrogens (tertiary/aromatic N) is 3. The van der Waals surface area contributed by atoms with E-state index in [0.717, 1.165) is 5.39 Å². The lowest BCUT2D eigenvalue weighted by Gasteiger charge is -2.13. The van der Waals surface area contributed by atoms with Gasteiger partial charge in [-0.3, -0.25) is 9.78 Å². The van der Waals surface area contributed by atoms with Gasteiger partial charge in [0, 0.05) is 31.6 Å². The van der Waals surface area contributed by atoms with Gasteiger partial charge < -0.3 is 14.8 Å². The molecule has 0 aliphatic carbocycles. The van der Waals surface area contributed by atoms with Gasteiger partial charge in [-0.1, -0.05) is 0 Å². The molecule has 9 nitrogen and oxygen atoms in total. The van der Waals surface area contributed by atoms with Crippen LogP contribution in [0.4, 0.5) is 11.6 Å². The van der Waals surface area contributed by atoms with Crippen molar-refractivity contribution in [3.05, 3.63) is 48.7 Å². The molecule has 10 heteroatoms. The Kier molecular flexibility index (Phi) is 5.32. The summed E-state index contributed by atoms with van der Waals surface area (Å²) in [5.74, 6) is 2.85. The van der Waals surface area contributed by atoms with Crippen LogP contribution < -0.4 is 14.8 Å². The van der Waals surface area contributed by atoms with E-state index in [2.05, 4.69) is 20.6 Å². The average molecular weight is 442 g/mol. The van der Waals surface area contributed by atoms with Crippen LogP contribution in [0, 0.1) is 0 Å². The minimum atomic E-state index is -3.28. The van der Waals surface area contributed by atoms with E-state index in [1.807, 2.05) is 39.2 Å². The van der Waals surface area contributed by atoms with E-state index in [9.17, 15) is 8.42 Å². The zero-order chi connectivity index (χ0) is 22.2. The Labute approximate surface area is 179 Å². The fourth-order valence-electron chi connectivity index (χ4n) is 3.07. The number of anilines is 2. The molecule has 162 valence electrons. The molecule has 0 saturated heterocycles. The third-order valence-electron chi connectivity index (χ3n) is 4.42. The molecule has 0 unspecified atom stereocenters. The topological polar surface area (TPSA) is 111 Å². The molecule has 0 saturated carbocycles. The van der Waals surface area contributed by atoms with Crippen LogP contribution in [-0.4, -0.2) is 40.8 Å². The smallest absolute Gasteiger partial charge is 0.175 e. The maximum Gasteiger partial charge on any atom is 0.175 e. The number of benzene rings is 2. The number of hydrogen-bond acceptors (Lipinski definition) is 7. The van der Waals surface area contributed by atoms with Gasteiger partial charge in [0.2, 0.25) is 0 Å². The number of H-pyrrole nitrogens is 1. The standard InChI is InChI=1S/C21H23N5O4S/c1-13(2)29-15-11-17-20(23-24-21(17)22-19-9-10-26(3)25-19)18(12-15)30-14-5-7-16(8-6-14)31(4,27)28/h5-13H,1-4H3,(H2,22,23,24,25). The summed E-state index contributed by atoms with van der Waals surface area (Å²) in [6.45, 7) is 3.88. The first-order chi connectivity index (χ1) is 14.7. The molecule has 0 amide bonds. The lowest BCUT2D eigenvalue weighted by Crippen LogP contribution is -2.05. The Hall–Kier alpha value is -3.53. The summed E-state index contributed by atoms with van der Waals surface area (Å²) in [4.78, 5) is 0.227. The highest BCUT2D eigenvalue weighted by Crippen LogP contribution is 2.37. The van der Waals surface area contributed by atoms with Crippen LogP contribution in [0.1, 0.15) is 13.8 Å². The van der Waals surface area contributed by atoms with Gasteiger partial charge in [-0.2, -0.15) is 10.2 Å². The number of hydrogen-bond donors (Lipinski definition) is 2. The highest BCUT2D eigenvalue weighted by Gasteiger charge is 2.16. The molecule has 2 aromatic heterocycles. The number of nitrogens with one attached hydrogen (secondary N) is 2. The largest absolute Gasteiger partial charge is 0.491 e. The zero-order valence-electron chi connectivity index (χ0n) is 17.6. The van der Waals surface area contributed by atoms with Crippen LogP contribution >= 0.6 is 0 Å². The molecule has 4 aromatic rings. The second kappa shape index (κ2) is 7.95. The molecule has 2 heterocycles. The summed E-state index contributed by atoms with van der Waals surface area (Å²) < 4.78 is 37.0. The Morgan fingerprint density at radius 3 is 2.45 bits per heavy atom. The molecular weight excluding hydrogens is 418 g/mol. The Morgan fingerprint density at radius 2 is 1.84 bits per heavy atom. The van der Waals surface area contributed by atoms with Crippen LogP contribution in [-0.2, 0) is 16.9 Å². The van der Waals surface area contributed by atoms with Crippen LogP contribution in [0.25, 0.3) is 10.9 Å². The quantitative estimate of drug-likeness (QED) is 0.445. The number of fused-ring (bicyclic) bond motifs is 1. The first-order valence-corrected chi connectivity index (χ1v) is 11.5. The molecule has 0 atom stereocenters. The van der Waals surface area contributed by atoms with Crippen LogP contribution in [0.2, 0.25) is 0 Å². The SMILES string of the molecule is CC(C)Oc1cc(Oc2ccc(S(C)(=O)=O)cc2)c2[nH]nc(Nc3ccn(C)n3)c2c1. The molecule has 0 fully saturated rings. The summed E-state index contributed by atoms with van der Waals surface area (Å²) in [7, 11) is -1.44. The molecule has 0 aliphatic heterocycles. The fourth-order valence-corrected chi connectivity index (χ4v) is 3.70. The van der Waals surface area contributed by atoms with Gasteiger partial charge in [-0.15, -0.1) is 0 Å². The van der Waals surface area contributed by atoms with Crippen molar-refractivity contribution in [1.82, 2.24) is 20.0 Å². The Bertz CT molecular complexity index is 1320. The van der Waals surface area contributed by atoms with E-state index >= 15 is 0 Å². The second-order valence-electron chi connectivity index (χ2n) is 7.43. The summed E-state index contributed by atoms with van der Waals surface area (Å²) in [6, 6.07) is 11.7. The molecule has 0 radical (unpaired) electrons. The monoisotopic (exact) mass is 441 g/mol. The van der Waals surface area contributed by atoms with Gasteiger partial charge in [-0.05, 0) is 44.2 Å². The fraction of sp³-hybridized carbons (Fsp3) is 0.238. The maximum atomic E-state index is 11.7. The van der Waals surface area contributed by atoms with Crippen molar-refractivity contribution in [1.29, 1.82) is 0 Å². The average Bonchev–Trinajstić information content (AvgIpc) is 3.28. The molecule has 0 spiro atoms. The molecule has 2 aromatic carbocycles. The van der Waals surface area contributed by atoms with Gasteiger partial charge in [0.15, 0.2) is 27.2 Å². The van der Waals surface area contributed by atoms with E-state index < -0.39 is 9.84 Å². The van der Waals surface area contributed by atoms with Gasteiger partial charge in [0.1, 0.15) is 17.0 Å². The van der Waals surface area contributed by atoms with Crippen molar-refractivity contribution < 1.29 is 17.9 Å². The van der Waals surface area contributed by atoms with E-state index in [4.69, 9.17) is 9.47 Å². The summed E-state index contributed by atoms with van der Waals surface area (Å²) in [5.41, 5.74) is 0.668. The maximum absolute atomic E-state index is 11.7. The van der Waals surface area contributed by atoms with Crippen molar-refractivity contribution in [3.63, 3.8) is 0 Å². The molecule has 4 rings (SSSR count). The number of sulfone groups is 1. The van der Waals surface area contributed by atoms with E-state index in [1.165, 1.54) is 18.4 Å². The minimum Gasteiger partial charge on any atom is -0.491 e. The number of aryl methyl sites for hydroxylation is 1. The summed E-state index contributed by atoms with van der Waals surface area (Å²) in [5, 5.41) is 15.6. The first-order valence-electron chi connectivity index (χ1n) is 9.62. The summed E-state index contributed by atoms with van der Waals surface area (Å²) >= 11 is 0. The predicted octanol–water partition coefficient (Wildman–Crippen LogP) is 4.02. The van der Waals surface area contributed by atoms with Crippen LogP contribution in [0.15, 0.2) is 53.6 Å².